The van der Waals surface area contributed by atoms with Crippen molar-refractivity contribution < 1.29 is 0 Å². The third-order valence-corrected chi connectivity index (χ3v) is 11.4. The molecule has 2 heterocycles. The van der Waals surface area contributed by atoms with E-state index in [0.29, 0.717) is 0 Å². The van der Waals surface area contributed by atoms with Crippen LogP contribution < -0.4 is 0 Å². The third kappa shape index (κ3) is 3.63. The Morgan fingerprint density at radius 1 is 0.288 bits per heavy atom. The predicted octanol–water partition coefficient (Wildman–Crippen LogP) is 13.4. The van der Waals surface area contributed by atoms with Gasteiger partial charge in [-0.1, -0.05) is 121 Å². The molecule has 8 aromatic carbocycles. The molecule has 0 bridgehead atoms. The summed E-state index contributed by atoms with van der Waals surface area (Å²) in [6.07, 6.45) is 3.83. The van der Waals surface area contributed by atoms with E-state index in [4.69, 9.17) is 9.97 Å². The van der Waals surface area contributed by atoms with Crippen molar-refractivity contribution in [3.05, 3.63) is 170 Å². The van der Waals surface area contributed by atoms with Crippen molar-refractivity contribution in [3.8, 4) is 78.1 Å². The normalized spacial score (nSPS) is 12.2. The predicted molar refractivity (Wildman–Crippen MR) is 217 cm³/mol. The Morgan fingerprint density at radius 3 is 1.63 bits per heavy atom. The van der Waals surface area contributed by atoms with E-state index in [1.54, 1.807) is 0 Å². The number of hydrogen-bond donors (Lipinski definition) is 0. The summed E-state index contributed by atoms with van der Waals surface area (Å²) in [4.78, 5) is 10.1. The molecule has 0 saturated heterocycles. The first kappa shape index (κ1) is 27.9. The molecule has 2 heteroatoms. The van der Waals surface area contributed by atoms with Crippen molar-refractivity contribution in [2.45, 2.75) is 0 Å². The zero-order valence-electron chi connectivity index (χ0n) is 28.1. The zero-order valence-corrected chi connectivity index (χ0v) is 28.1. The van der Waals surface area contributed by atoms with E-state index in [-0.39, 0.29) is 0 Å². The summed E-state index contributed by atoms with van der Waals surface area (Å²) >= 11 is 0. The van der Waals surface area contributed by atoms with Crippen LogP contribution in [0.5, 0.6) is 0 Å². The molecular weight excluding hydrogens is 629 g/mol. The molecule has 2 aliphatic carbocycles. The molecule has 2 aromatic heterocycles. The van der Waals surface area contributed by atoms with Gasteiger partial charge in [0.15, 0.2) is 0 Å². The highest BCUT2D eigenvalue weighted by Gasteiger charge is 2.32. The first-order chi connectivity index (χ1) is 25.8. The highest BCUT2D eigenvalue weighted by atomic mass is 14.7. The van der Waals surface area contributed by atoms with Gasteiger partial charge in [0.2, 0.25) is 0 Å². The van der Waals surface area contributed by atoms with Crippen molar-refractivity contribution in [1.82, 2.24) is 9.97 Å². The van der Waals surface area contributed by atoms with E-state index in [1.165, 1.54) is 110 Å². The van der Waals surface area contributed by atoms with Gasteiger partial charge in [0.05, 0.1) is 11.4 Å². The topological polar surface area (TPSA) is 25.8 Å². The van der Waals surface area contributed by atoms with Crippen molar-refractivity contribution in [3.63, 3.8) is 0 Å². The molecule has 0 N–H and O–H groups in total. The summed E-state index contributed by atoms with van der Waals surface area (Å²) in [5, 5.41) is 10.1. The zero-order chi connectivity index (χ0) is 33.9. The molecule has 0 amide bonds. The SMILES string of the molecule is c1ccc(-c2c3c(c(-c4ccccn4)c4cc(-c5ccc6c7c(cccc57)-c5ccccc5-6)ccc24)-c2cccc4c2c-3cc2ccccc24)nc1. The van der Waals surface area contributed by atoms with Gasteiger partial charge in [-0.15, -0.1) is 0 Å². The van der Waals surface area contributed by atoms with Gasteiger partial charge in [0.25, 0.3) is 0 Å². The van der Waals surface area contributed by atoms with Crippen LogP contribution in [0.1, 0.15) is 0 Å². The van der Waals surface area contributed by atoms with Gasteiger partial charge in [-0.05, 0) is 124 Å². The Bertz CT molecular complexity index is 3130. The lowest BCUT2D eigenvalue weighted by Crippen LogP contribution is -1.96. The summed E-state index contributed by atoms with van der Waals surface area (Å²) < 4.78 is 0. The number of hydrogen-bond acceptors (Lipinski definition) is 2. The van der Waals surface area contributed by atoms with E-state index < -0.39 is 0 Å². The second-order valence-corrected chi connectivity index (χ2v) is 14.0. The van der Waals surface area contributed by atoms with Gasteiger partial charge in [-0.2, -0.15) is 0 Å². The number of benzene rings is 8. The molecule has 0 spiro atoms. The Hall–Kier alpha value is -6.90. The fraction of sp³-hybridized carbons (Fsp3) is 0. The van der Waals surface area contributed by atoms with Crippen molar-refractivity contribution in [2.24, 2.45) is 0 Å². The van der Waals surface area contributed by atoms with Crippen LogP contribution in [0.2, 0.25) is 0 Å². The molecule has 238 valence electrons. The minimum Gasteiger partial charge on any atom is -0.256 e. The van der Waals surface area contributed by atoms with Crippen molar-refractivity contribution >= 4 is 43.1 Å². The first-order valence-corrected chi connectivity index (χ1v) is 17.9. The molecular formula is C50H28N2. The minimum atomic E-state index is 0.971. The van der Waals surface area contributed by atoms with E-state index in [0.717, 1.165) is 11.4 Å². The van der Waals surface area contributed by atoms with Crippen molar-refractivity contribution in [1.29, 1.82) is 0 Å². The summed E-state index contributed by atoms with van der Waals surface area (Å²) in [5.74, 6) is 0. The molecule has 0 fully saturated rings. The maximum Gasteiger partial charge on any atom is 0.0714 e. The van der Waals surface area contributed by atoms with E-state index in [1.807, 2.05) is 24.5 Å². The summed E-state index contributed by atoms with van der Waals surface area (Å²) in [7, 11) is 0. The van der Waals surface area contributed by atoms with Crippen LogP contribution in [-0.2, 0) is 0 Å². The molecule has 2 aliphatic rings. The fourth-order valence-corrected chi connectivity index (χ4v) is 9.38. The molecule has 0 aliphatic heterocycles. The summed E-state index contributed by atoms with van der Waals surface area (Å²) in [6.45, 7) is 0. The van der Waals surface area contributed by atoms with Crippen LogP contribution in [0.25, 0.3) is 121 Å². The maximum atomic E-state index is 5.05. The molecule has 12 rings (SSSR count). The molecule has 0 radical (unpaired) electrons. The van der Waals surface area contributed by atoms with Gasteiger partial charge < -0.3 is 0 Å². The number of rotatable bonds is 3. The molecule has 0 unspecified atom stereocenters. The Morgan fingerprint density at radius 2 is 0.865 bits per heavy atom. The number of nitrogens with zero attached hydrogens (tertiary/aromatic N) is 2. The Labute approximate surface area is 300 Å². The van der Waals surface area contributed by atoms with Crippen LogP contribution in [0.4, 0.5) is 0 Å². The molecule has 0 atom stereocenters. The van der Waals surface area contributed by atoms with E-state index >= 15 is 0 Å². The lowest BCUT2D eigenvalue weighted by Gasteiger charge is -2.20. The van der Waals surface area contributed by atoms with Gasteiger partial charge >= 0.3 is 0 Å². The first-order valence-electron chi connectivity index (χ1n) is 17.9. The van der Waals surface area contributed by atoms with Gasteiger partial charge in [-0.25, -0.2) is 0 Å². The van der Waals surface area contributed by atoms with Crippen LogP contribution in [0, 0.1) is 0 Å². The third-order valence-electron chi connectivity index (χ3n) is 11.4. The van der Waals surface area contributed by atoms with Gasteiger partial charge in [0.1, 0.15) is 0 Å². The number of fused-ring (bicyclic) bond motifs is 9. The number of pyridine rings is 2. The van der Waals surface area contributed by atoms with Crippen LogP contribution >= 0.6 is 0 Å². The van der Waals surface area contributed by atoms with Crippen molar-refractivity contribution in [2.75, 3.05) is 0 Å². The van der Waals surface area contributed by atoms with E-state index in [2.05, 4.69) is 146 Å². The second-order valence-electron chi connectivity index (χ2n) is 14.0. The lowest BCUT2D eigenvalue weighted by atomic mass is 9.83. The van der Waals surface area contributed by atoms with Crippen LogP contribution in [-0.4, -0.2) is 9.97 Å². The Balaban J connectivity index is 1.24. The van der Waals surface area contributed by atoms with Crippen LogP contribution in [0.15, 0.2) is 170 Å². The second kappa shape index (κ2) is 10.3. The molecule has 10 aromatic rings. The molecule has 52 heavy (non-hydrogen) atoms. The van der Waals surface area contributed by atoms with E-state index in [9.17, 15) is 0 Å². The van der Waals surface area contributed by atoms with Gasteiger partial charge in [0, 0.05) is 34.6 Å². The summed E-state index contributed by atoms with van der Waals surface area (Å²) in [6, 6.07) is 57.8. The highest BCUT2D eigenvalue weighted by Crippen LogP contribution is 2.59. The lowest BCUT2D eigenvalue weighted by molar-refractivity contribution is 1.33. The average Bonchev–Trinajstić information content (AvgIpc) is 3.72. The monoisotopic (exact) mass is 656 g/mol. The van der Waals surface area contributed by atoms with Gasteiger partial charge in [-0.3, -0.25) is 9.97 Å². The summed E-state index contributed by atoms with van der Waals surface area (Å²) in [5.41, 5.74) is 16.9. The quantitative estimate of drug-likeness (QED) is 0.177. The molecule has 0 saturated carbocycles. The average molecular weight is 657 g/mol. The molecule has 2 nitrogen and oxygen atoms in total. The standard InChI is InChI=1S/C50H28N2/c1-2-12-31-29(11-1)28-42-46-35(31)16-10-18-40(46)49-48(44-20-6-8-26-52-44)41-27-30(21-22-39(41)47(50(42)49)43-19-5-7-25-51-43)32-23-24-38-34-14-4-3-13-33(34)37-17-9-15-36(32)45(37)38/h1-28H. The fourth-order valence-electron chi connectivity index (χ4n) is 9.38. The smallest absolute Gasteiger partial charge is 0.0714 e. The Kier molecular flexibility index (Phi) is 5.53. The largest absolute Gasteiger partial charge is 0.256 e. The maximum absolute atomic E-state index is 5.05. The number of aromatic nitrogens is 2. The van der Waals surface area contributed by atoms with Crippen LogP contribution in [0.3, 0.4) is 0 Å². The highest BCUT2D eigenvalue weighted by molar-refractivity contribution is 6.31. The minimum absolute atomic E-state index is 0.971.